The maximum absolute atomic E-state index is 13.2. The highest BCUT2D eigenvalue weighted by Crippen LogP contribution is 2.24. The molecule has 0 aromatic rings. The molecule has 1 heterocycles. The Morgan fingerprint density at radius 2 is 0.808 bits per heavy atom. The second kappa shape index (κ2) is 51.6. The Morgan fingerprint density at radius 3 is 1.18 bits per heavy atom. The first-order valence-corrected chi connectivity index (χ1v) is 31.6. The molecular formula is C62H121NO10. The van der Waals surface area contributed by atoms with Crippen LogP contribution >= 0.6 is 0 Å². The molecule has 11 nitrogen and oxygen atoms in total. The molecule has 1 amide bonds. The van der Waals surface area contributed by atoms with Gasteiger partial charge in [0.05, 0.1) is 25.4 Å². The van der Waals surface area contributed by atoms with Gasteiger partial charge in [-0.1, -0.05) is 283 Å². The van der Waals surface area contributed by atoms with E-state index in [1.54, 1.807) is 0 Å². The Hall–Kier alpha value is -1.15. The number of amides is 1. The Kier molecular flexibility index (Phi) is 49.4. The highest BCUT2D eigenvalue weighted by molar-refractivity contribution is 5.80. The predicted octanol–water partition coefficient (Wildman–Crippen LogP) is 13.9. The Bertz CT molecular complexity index is 1190. The lowest BCUT2D eigenvalue weighted by molar-refractivity contribution is -0.303. The van der Waals surface area contributed by atoms with Crippen LogP contribution in [0.5, 0.6) is 0 Å². The fourth-order valence-corrected chi connectivity index (χ4v) is 10.4. The van der Waals surface area contributed by atoms with Crippen molar-refractivity contribution in [2.24, 2.45) is 0 Å². The Balaban J connectivity index is 2.27. The van der Waals surface area contributed by atoms with Crippen LogP contribution in [0, 0.1) is 0 Å². The summed E-state index contributed by atoms with van der Waals surface area (Å²) < 4.78 is 11.2. The van der Waals surface area contributed by atoms with Crippen LogP contribution in [-0.4, -0.2) is 110 Å². The van der Waals surface area contributed by atoms with Crippen molar-refractivity contribution >= 4 is 5.91 Å². The van der Waals surface area contributed by atoms with Gasteiger partial charge < -0.3 is 50.5 Å². The zero-order valence-corrected chi connectivity index (χ0v) is 47.6. The second-order valence-electron chi connectivity index (χ2n) is 22.5. The van der Waals surface area contributed by atoms with Crippen LogP contribution in [0.2, 0.25) is 0 Å². The standard InChI is InChI=1S/C62H121NO10/c1-3-5-7-9-11-13-15-17-19-21-23-25-26-27-28-29-30-32-33-35-37-39-41-43-45-47-49-54(65)57(67)53(52-72-62-60(70)59(69)58(68)56(51-64)73-62)63-61(71)55(66)50-48-46-44-42-40-38-36-34-31-24-22-20-18-16-14-12-10-8-6-4-2/h41,43,53-60,62,64-70H,3-40,42,44-52H2,1-2H3,(H,63,71)/b43-41+. The van der Waals surface area contributed by atoms with Gasteiger partial charge in [-0.05, 0) is 38.5 Å². The highest BCUT2D eigenvalue weighted by Gasteiger charge is 2.44. The lowest BCUT2D eigenvalue weighted by Crippen LogP contribution is -2.60. The minimum atomic E-state index is -1.67. The van der Waals surface area contributed by atoms with Crippen LogP contribution in [0.1, 0.15) is 309 Å². The van der Waals surface area contributed by atoms with E-state index in [1.165, 1.54) is 231 Å². The van der Waals surface area contributed by atoms with Crippen LogP contribution in [-0.2, 0) is 14.3 Å². The summed E-state index contributed by atoms with van der Waals surface area (Å²) in [5.41, 5.74) is 0. The Morgan fingerprint density at radius 1 is 0.466 bits per heavy atom. The number of aliphatic hydroxyl groups is 7. The number of rotatable bonds is 55. The van der Waals surface area contributed by atoms with E-state index < -0.39 is 74.2 Å². The molecule has 0 aromatic heterocycles. The fourth-order valence-electron chi connectivity index (χ4n) is 10.4. The molecule has 0 radical (unpaired) electrons. The van der Waals surface area contributed by atoms with Gasteiger partial charge in [0, 0.05) is 0 Å². The van der Waals surface area contributed by atoms with Gasteiger partial charge in [-0.2, -0.15) is 0 Å². The van der Waals surface area contributed by atoms with E-state index in [4.69, 9.17) is 9.47 Å². The molecule has 9 atom stereocenters. The van der Waals surface area contributed by atoms with E-state index >= 15 is 0 Å². The van der Waals surface area contributed by atoms with E-state index in [2.05, 4.69) is 31.3 Å². The van der Waals surface area contributed by atoms with E-state index in [-0.39, 0.29) is 12.8 Å². The predicted molar refractivity (Wildman–Crippen MR) is 303 cm³/mol. The van der Waals surface area contributed by atoms with E-state index in [0.717, 1.165) is 38.5 Å². The summed E-state index contributed by atoms with van der Waals surface area (Å²) in [6.07, 6.45) is 49.9. The van der Waals surface area contributed by atoms with Crippen molar-refractivity contribution in [1.82, 2.24) is 5.32 Å². The number of aliphatic hydroxyl groups excluding tert-OH is 7. The molecule has 73 heavy (non-hydrogen) atoms. The molecule has 0 spiro atoms. The van der Waals surface area contributed by atoms with Crippen LogP contribution in [0.25, 0.3) is 0 Å². The first-order valence-electron chi connectivity index (χ1n) is 31.6. The molecule has 0 bridgehead atoms. The SMILES string of the molecule is CCCCCCCCCCCCCCCCCCCCCCC/C=C/CCCC(O)C(O)C(COC1OC(CO)C(O)C(O)C1O)NC(=O)C(O)CCCCCCCCCCCCCCCCCCCCCC. The molecular weight excluding hydrogens is 919 g/mol. The zero-order chi connectivity index (χ0) is 53.3. The van der Waals surface area contributed by atoms with Crippen molar-refractivity contribution in [1.29, 1.82) is 0 Å². The number of allylic oxidation sites excluding steroid dienone is 2. The second-order valence-corrected chi connectivity index (χ2v) is 22.5. The third kappa shape index (κ3) is 39.8. The molecule has 1 saturated heterocycles. The van der Waals surface area contributed by atoms with Gasteiger partial charge in [0.25, 0.3) is 0 Å². The average Bonchev–Trinajstić information content (AvgIpc) is 3.39. The summed E-state index contributed by atoms with van der Waals surface area (Å²) in [6, 6.07) is -1.18. The maximum Gasteiger partial charge on any atom is 0.249 e. The van der Waals surface area contributed by atoms with Crippen LogP contribution in [0.4, 0.5) is 0 Å². The normalized spacial score (nSPS) is 19.9. The van der Waals surface area contributed by atoms with Gasteiger partial charge in [-0.25, -0.2) is 0 Å². The molecule has 0 aliphatic carbocycles. The molecule has 11 heteroatoms. The summed E-state index contributed by atoms with van der Waals surface area (Å²) in [7, 11) is 0. The van der Waals surface area contributed by atoms with Gasteiger partial charge >= 0.3 is 0 Å². The summed E-state index contributed by atoms with van der Waals surface area (Å²) in [5, 5.41) is 76.3. The lowest BCUT2D eigenvalue weighted by atomic mass is 9.98. The number of hydrogen-bond donors (Lipinski definition) is 8. The van der Waals surface area contributed by atoms with Crippen LogP contribution in [0.3, 0.4) is 0 Å². The van der Waals surface area contributed by atoms with Gasteiger partial charge in [-0.15, -0.1) is 0 Å². The van der Waals surface area contributed by atoms with E-state index in [0.29, 0.717) is 12.8 Å². The third-order valence-electron chi connectivity index (χ3n) is 15.6. The summed E-state index contributed by atoms with van der Waals surface area (Å²) in [5.74, 6) is -0.699. The monoisotopic (exact) mass is 1040 g/mol. The largest absolute Gasteiger partial charge is 0.394 e. The quantitative estimate of drug-likeness (QED) is 0.0215. The highest BCUT2D eigenvalue weighted by atomic mass is 16.7. The number of hydrogen-bond acceptors (Lipinski definition) is 10. The molecule has 8 N–H and O–H groups in total. The molecule has 0 saturated carbocycles. The summed E-state index contributed by atoms with van der Waals surface area (Å²) in [4.78, 5) is 13.2. The maximum atomic E-state index is 13.2. The summed E-state index contributed by atoms with van der Waals surface area (Å²) in [6.45, 7) is 3.49. The van der Waals surface area contributed by atoms with Gasteiger partial charge in [0.2, 0.25) is 5.91 Å². The number of nitrogens with one attached hydrogen (secondary N) is 1. The van der Waals surface area contributed by atoms with Crippen molar-refractivity contribution in [3.63, 3.8) is 0 Å². The molecule has 1 fully saturated rings. The molecule has 1 aliphatic rings. The molecule has 0 aromatic carbocycles. The topological polar surface area (TPSA) is 189 Å². The molecule has 9 unspecified atom stereocenters. The fraction of sp³-hybridized carbons (Fsp3) is 0.952. The van der Waals surface area contributed by atoms with Crippen molar-refractivity contribution in [3.8, 4) is 0 Å². The number of carbonyl (C=O) groups excluding carboxylic acids is 1. The number of ether oxygens (including phenoxy) is 2. The van der Waals surface area contributed by atoms with Gasteiger partial charge in [0.1, 0.15) is 36.6 Å². The molecule has 1 aliphatic heterocycles. The van der Waals surface area contributed by atoms with Crippen molar-refractivity contribution in [2.45, 2.75) is 364 Å². The molecule has 434 valence electrons. The van der Waals surface area contributed by atoms with Crippen molar-refractivity contribution < 1.29 is 50.0 Å². The van der Waals surface area contributed by atoms with Gasteiger partial charge in [-0.3, -0.25) is 4.79 Å². The number of unbranched alkanes of at least 4 members (excludes halogenated alkanes) is 41. The van der Waals surface area contributed by atoms with Crippen molar-refractivity contribution in [3.05, 3.63) is 12.2 Å². The van der Waals surface area contributed by atoms with Crippen LogP contribution < -0.4 is 5.32 Å². The Labute approximate surface area is 449 Å². The third-order valence-corrected chi connectivity index (χ3v) is 15.6. The smallest absolute Gasteiger partial charge is 0.249 e. The minimum Gasteiger partial charge on any atom is -0.394 e. The first-order chi connectivity index (χ1) is 35.7. The molecule has 1 rings (SSSR count). The zero-order valence-electron chi connectivity index (χ0n) is 47.6. The summed E-state index contributed by atoms with van der Waals surface area (Å²) >= 11 is 0. The minimum absolute atomic E-state index is 0.260. The van der Waals surface area contributed by atoms with Crippen molar-refractivity contribution in [2.75, 3.05) is 13.2 Å². The van der Waals surface area contributed by atoms with E-state index in [1.807, 2.05) is 0 Å². The van der Waals surface area contributed by atoms with Gasteiger partial charge in [0.15, 0.2) is 6.29 Å². The number of carbonyl (C=O) groups is 1. The van der Waals surface area contributed by atoms with Crippen LogP contribution in [0.15, 0.2) is 12.2 Å². The lowest BCUT2D eigenvalue weighted by Gasteiger charge is -2.40. The van der Waals surface area contributed by atoms with E-state index in [9.17, 15) is 40.5 Å². The first kappa shape index (κ1) is 69.9. The average molecular weight is 1040 g/mol.